The first-order valence-corrected chi connectivity index (χ1v) is 7.53. The van der Waals surface area contributed by atoms with Gasteiger partial charge in [-0.25, -0.2) is 4.39 Å². The number of carboxylic acid groups (broad SMARTS) is 1. The number of aliphatic carboxylic acids is 1. The monoisotopic (exact) mass is 332 g/mol. The number of rotatable bonds is 5. The Kier molecular flexibility index (Phi) is 4.55. The second-order valence-electron chi connectivity index (χ2n) is 5.45. The maximum atomic E-state index is 13.5. The molecule has 0 fully saturated rings. The molecule has 3 rings (SSSR count). The van der Waals surface area contributed by atoms with Gasteiger partial charge in [0.1, 0.15) is 24.8 Å². The van der Waals surface area contributed by atoms with E-state index in [2.05, 4.69) is 0 Å². The van der Waals surface area contributed by atoms with Gasteiger partial charge < -0.3 is 19.3 Å². The van der Waals surface area contributed by atoms with E-state index in [-0.39, 0.29) is 6.42 Å². The molecular weight excluding hydrogens is 315 g/mol. The average molecular weight is 332 g/mol. The predicted molar refractivity (Wildman–Crippen MR) is 84.5 cm³/mol. The normalized spacial score (nSPS) is 14.1. The van der Waals surface area contributed by atoms with E-state index in [1.54, 1.807) is 18.2 Å². The van der Waals surface area contributed by atoms with Gasteiger partial charge in [-0.1, -0.05) is 6.07 Å². The highest BCUT2D eigenvalue weighted by Gasteiger charge is 2.24. The van der Waals surface area contributed by atoms with Crippen LogP contribution < -0.4 is 14.2 Å². The van der Waals surface area contributed by atoms with Crippen molar-refractivity contribution in [2.75, 3.05) is 20.3 Å². The van der Waals surface area contributed by atoms with Crippen molar-refractivity contribution in [3.8, 4) is 17.2 Å². The van der Waals surface area contributed by atoms with Crippen LogP contribution in [0.15, 0.2) is 36.4 Å². The molecule has 6 heteroatoms. The van der Waals surface area contributed by atoms with Crippen LogP contribution in [0.4, 0.5) is 4.39 Å². The summed E-state index contributed by atoms with van der Waals surface area (Å²) in [4.78, 5) is 11.8. The summed E-state index contributed by atoms with van der Waals surface area (Å²) in [6.07, 6.45) is 0.107. The minimum atomic E-state index is -1.00. The van der Waals surface area contributed by atoms with E-state index in [1.807, 2.05) is 0 Å². The van der Waals surface area contributed by atoms with Crippen LogP contribution in [0, 0.1) is 5.82 Å². The predicted octanol–water partition coefficient (Wildman–Crippen LogP) is 3.02. The molecule has 1 aliphatic heterocycles. The van der Waals surface area contributed by atoms with Crippen LogP contribution in [0.25, 0.3) is 0 Å². The molecule has 0 radical (unpaired) electrons. The number of hydrogen-bond acceptors (Lipinski definition) is 4. The fourth-order valence-corrected chi connectivity index (χ4v) is 2.75. The molecule has 0 saturated heterocycles. The van der Waals surface area contributed by atoms with E-state index in [0.717, 1.165) is 0 Å². The topological polar surface area (TPSA) is 65.0 Å². The van der Waals surface area contributed by atoms with Crippen molar-refractivity contribution < 1.29 is 28.5 Å². The van der Waals surface area contributed by atoms with Gasteiger partial charge in [0.05, 0.1) is 13.0 Å². The van der Waals surface area contributed by atoms with E-state index in [0.29, 0.717) is 41.6 Å². The third-order valence-electron chi connectivity index (χ3n) is 3.93. The maximum absolute atomic E-state index is 13.5. The Bertz CT molecular complexity index is 759. The number of fused-ring (bicyclic) bond motifs is 1. The lowest BCUT2D eigenvalue weighted by atomic mass is 9.91. The first kappa shape index (κ1) is 16.1. The molecule has 24 heavy (non-hydrogen) atoms. The zero-order valence-electron chi connectivity index (χ0n) is 13.1. The molecule has 0 bridgehead atoms. The zero-order chi connectivity index (χ0) is 17.1. The molecule has 0 spiro atoms. The number of halogens is 1. The number of carbonyl (C=O) groups is 1. The summed E-state index contributed by atoms with van der Waals surface area (Å²) in [5, 5.41) is 9.62. The molecule has 0 aromatic heterocycles. The highest BCUT2D eigenvalue weighted by molar-refractivity contribution is 5.77. The Morgan fingerprint density at radius 1 is 1.21 bits per heavy atom. The van der Waals surface area contributed by atoms with E-state index in [9.17, 15) is 14.3 Å². The quantitative estimate of drug-likeness (QED) is 0.912. The molecule has 2 aromatic rings. The van der Waals surface area contributed by atoms with Gasteiger partial charge in [0.2, 0.25) is 0 Å². The van der Waals surface area contributed by atoms with E-state index < -0.39 is 17.7 Å². The van der Waals surface area contributed by atoms with Gasteiger partial charge in [0.25, 0.3) is 0 Å². The van der Waals surface area contributed by atoms with Crippen molar-refractivity contribution in [2.24, 2.45) is 0 Å². The number of benzene rings is 2. The van der Waals surface area contributed by atoms with Crippen molar-refractivity contribution in [1.82, 2.24) is 0 Å². The number of carboxylic acids is 1. The van der Waals surface area contributed by atoms with Gasteiger partial charge in [0.15, 0.2) is 11.5 Å². The molecule has 0 amide bonds. The van der Waals surface area contributed by atoms with Crippen LogP contribution in [0.2, 0.25) is 0 Å². The minimum Gasteiger partial charge on any atom is -0.496 e. The lowest BCUT2D eigenvalue weighted by Gasteiger charge is -2.21. The molecule has 2 aromatic carbocycles. The molecular formula is C18H17FO5. The fourth-order valence-electron chi connectivity index (χ4n) is 2.75. The second kappa shape index (κ2) is 6.78. The van der Waals surface area contributed by atoms with Crippen LogP contribution >= 0.6 is 0 Å². The summed E-state index contributed by atoms with van der Waals surface area (Å²) in [7, 11) is 1.47. The molecule has 1 unspecified atom stereocenters. The molecule has 1 heterocycles. The summed E-state index contributed by atoms with van der Waals surface area (Å²) in [6, 6.07) is 9.13. The van der Waals surface area contributed by atoms with Gasteiger partial charge >= 0.3 is 5.97 Å². The van der Waals surface area contributed by atoms with Gasteiger partial charge in [-0.15, -0.1) is 0 Å². The fraction of sp³-hybridized carbons (Fsp3) is 0.278. The van der Waals surface area contributed by atoms with Crippen LogP contribution in [-0.4, -0.2) is 31.4 Å². The Morgan fingerprint density at radius 2 is 1.96 bits per heavy atom. The molecule has 0 aliphatic carbocycles. The molecule has 1 N–H and O–H groups in total. The first-order valence-electron chi connectivity index (χ1n) is 7.53. The molecule has 126 valence electrons. The van der Waals surface area contributed by atoms with Crippen molar-refractivity contribution in [2.45, 2.75) is 12.3 Å². The highest BCUT2D eigenvalue weighted by Crippen LogP contribution is 2.35. The third-order valence-corrected chi connectivity index (χ3v) is 3.93. The van der Waals surface area contributed by atoms with E-state index >= 15 is 0 Å². The number of ether oxygens (including phenoxy) is 3. The number of methoxy groups -OCH3 is 1. The summed E-state index contributed by atoms with van der Waals surface area (Å²) in [5.74, 6) is -0.708. The summed E-state index contributed by atoms with van der Waals surface area (Å²) < 4.78 is 29.7. The maximum Gasteiger partial charge on any atom is 0.311 e. The number of hydrogen-bond donors (Lipinski definition) is 1. The standard InChI is InChI=1S/C18H17FO5/c1-22-15-5-3-13(19)8-12(15)9-14(18(20)21)11-2-4-16-17(10-11)24-7-6-23-16/h2-5,8,10,14H,6-7,9H2,1H3,(H,20,21). The SMILES string of the molecule is COc1ccc(F)cc1CC(C(=O)O)c1ccc2c(c1)OCCO2. The Balaban J connectivity index is 1.93. The zero-order valence-corrected chi connectivity index (χ0v) is 13.1. The van der Waals surface area contributed by atoms with Crippen molar-refractivity contribution in [3.63, 3.8) is 0 Å². The van der Waals surface area contributed by atoms with Crippen LogP contribution in [-0.2, 0) is 11.2 Å². The van der Waals surface area contributed by atoms with Crippen LogP contribution in [0.1, 0.15) is 17.0 Å². The van der Waals surface area contributed by atoms with Crippen LogP contribution in [0.5, 0.6) is 17.2 Å². The van der Waals surface area contributed by atoms with E-state index in [4.69, 9.17) is 14.2 Å². The van der Waals surface area contributed by atoms with Crippen LogP contribution in [0.3, 0.4) is 0 Å². The van der Waals surface area contributed by atoms with Gasteiger partial charge in [0, 0.05) is 0 Å². The lowest BCUT2D eigenvalue weighted by Crippen LogP contribution is -2.18. The Hall–Kier alpha value is -2.76. The Morgan fingerprint density at radius 3 is 2.67 bits per heavy atom. The Labute approximate surface area is 138 Å². The molecule has 0 saturated carbocycles. The van der Waals surface area contributed by atoms with E-state index in [1.165, 1.54) is 25.3 Å². The first-order chi connectivity index (χ1) is 11.6. The lowest BCUT2D eigenvalue weighted by molar-refractivity contribution is -0.138. The van der Waals surface area contributed by atoms with Gasteiger partial charge in [-0.3, -0.25) is 4.79 Å². The molecule has 1 aliphatic rings. The van der Waals surface area contributed by atoms with Crippen molar-refractivity contribution >= 4 is 5.97 Å². The van der Waals surface area contributed by atoms with Crippen molar-refractivity contribution in [3.05, 3.63) is 53.3 Å². The highest BCUT2D eigenvalue weighted by atomic mass is 19.1. The summed E-state index contributed by atoms with van der Waals surface area (Å²) >= 11 is 0. The third kappa shape index (κ3) is 3.27. The van der Waals surface area contributed by atoms with Crippen molar-refractivity contribution in [1.29, 1.82) is 0 Å². The second-order valence-corrected chi connectivity index (χ2v) is 5.45. The minimum absolute atomic E-state index is 0.107. The molecule has 1 atom stereocenters. The van der Waals surface area contributed by atoms with Gasteiger partial charge in [-0.05, 0) is 47.9 Å². The summed E-state index contributed by atoms with van der Waals surface area (Å²) in [6.45, 7) is 0.890. The summed E-state index contributed by atoms with van der Waals surface area (Å²) in [5.41, 5.74) is 1.07. The van der Waals surface area contributed by atoms with Gasteiger partial charge in [-0.2, -0.15) is 0 Å². The smallest absolute Gasteiger partial charge is 0.311 e. The largest absolute Gasteiger partial charge is 0.496 e. The average Bonchev–Trinajstić information content (AvgIpc) is 2.59. The molecule has 5 nitrogen and oxygen atoms in total.